The largest absolute Gasteiger partial charge is 0.392 e. The summed E-state index contributed by atoms with van der Waals surface area (Å²) < 4.78 is 0.977. The van der Waals surface area contributed by atoms with E-state index in [0.29, 0.717) is 16.9 Å². The first-order valence-electron chi connectivity index (χ1n) is 6.21. The zero-order valence-electron chi connectivity index (χ0n) is 10.4. The highest BCUT2D eigenvalue weighted by Gasteiger charge is 2.30. The molecule has 2 rings (SSSR count). The molecular formula is C13H18BrNOS2. The molecular weight excluding hydrogens is 330 g/mol. The quantitative estimate of drug-likeness (QED) is 0.904. The molecule has 1 aromatic rings. The van der Waals surface area contributed by atoms with Gasteiger partial charge in [-0.15, -0.1) is 0 Å². The molecule has 2 nitrogen and oxygen atoms in total. The van der Waals surface area contributed by atoms with Crippen molar-refractivity contribution in [1.82, 2.24) is 4.98 Å². The first-order valence-corrected chi connectivity index (χ1v) is 9.10. The molecule has 18 heavy (non-hydrogen) atoms. The third-order valence-corrected chi connectivity index (χ3v) is 6.91. The molecule has 5 heteroatoms. The minimum absolute atomic E-state index is 0.274. The fraction of sp³-hybridized carbons (Fsp3) is 0.615. The van der Waals surface area contributed by atoms with Crippen LogP contribution in [-0.4, -0.2) is 38.2 Å². The molecule has 1 aliphatic rings. The molecule has 100 valence electrons. The number of aliphatic hydroxyl groups excluding tert-OH is 1. The summed E-state index contributed by atoms with van der Waals surface area (Å²) in [5.41, 5.74) is 1.10. The maximum absolute atomic E-state index is 10.4. The van der Waals surface area contributed by atoms with E-state index >= 15 is 0 Å². The maximum atomic E-state index is 10.4. The Hall–Kier alpha value is 0.290. The summed E-state index contributed by atoms with van der Waals surface area (Å²) in [4.78, 5) is 4.15. The van der Waals surface area contributed by atoms with E-state index in [4.69, 9.17) is 0 Å². The van der Waals surface area contributed by atoms with Crippen molar-refractivity contribution in [2.45, 2.75) is 36.4 Å². The highest BCUT2D eigenvalue weighted by molar-refractivity contribution is 9.10. The van der Waals surface area contributed by atoms with Crippen LogP contribution in [0.1, 0.15) is 18.9 Å². The molecule has 0 spiro atoms. The Kier molecular flexibility index (Phi) is 5.86. The maximum Gasteiger partial charge on any atom is 0.0710 e. The van der Waals surface area contributed by atoms with Crippen LogP contribution in [0.2, 0.25) is 0 Å². The van der Waals surface area contributed by atoms with E-state index in [-0.39, 0.29) is 6.10 Å². The summed E-state index contributed by atoms with van der Waals surface area (Å²) in [6.07, 6.45) is 5.17. The lowest BCUT2D eigenvalue weighted by Gasteiger charge is -2.33. The molecule has 0 aliphatic carbocycles. The van der Waals surface area contributed by atoms with Gasteiger partial charge < -0.3 is 5.11 Å². The number of hydrogen-bond acceptors (Lipinski definition) is 4. The second-order valence-electron chi connectivity index (χ2n) is 4.44. The number of hydrogen-bond donors (Lipinski definition) is 1. The number of nitrogens with zero attached hydrogens (tertiary/aromatic N) is 1. The lowest BCUT2D eigenvalue weighted by molar-refractivity contribution is 0.169. The van der Waals surface area contributed by atoms with E-state index in [1.54, 1.807) is 6.20 Å². The van der Waals surface area contributed by atoms with Crippen LogP contribution in [-0.2, 0) is 6.42 Å². The summed E-state index contributed by atoms with van der Waals surface area (Å²) in [5, 5.41) is 11.4. The Labute approximate surface area is 125 Å². The molecule has 1 N–H and O–H groups in total. The molecule has 1 aliphatic heterocycles. The second kappa shape index (κ2) is 7.17. The van der Waals surface area contributed by atoms with E-state index in [1.807, 2.05) is 35.8 Å². The molecule has 0 bridgehead atoms. The van der Waals surface area contributed by atoms with Crippen molar-refractivity contribution in [2.75, 3.05) is 11.5 Å². The van der Waals surface area contributed by atoms with Gasteiger partial charge in [-0.3, -0.25) is 4.98 Å². The molecule has 3 unspecified atom stereocenters. The normalized spacial score (nSPS) is 25.9. The molecule has 1 aromatic heterocycles. The van der Waals surface area contributed by atoms with Crippen molar-refractivity contribution in [1.29, 1.82) is 0 Å². The highest BCUT2D eigenvalue weighted by Crippen LogP contribution is 2.36. The molecule has 0 aromatic carbocycles. The number of rotatable bonds is 4. The number of pyridine rings is 1. The second-order valence-corrected chi connectivity index (χ2v) is 7.98. The van der Waals surface area contributed by atoms with Gasteiger partial charge in [0.15, 0.2) is 0 Å². The van der Waals surface area contributed by atoms with Crippen LogP contribution in [0, 0.1) is 0 Å². The fourth-order valence-corrected chi connectivity index (χ4v) is 5.78. The van der Waals surface area contributed by atoms with E-state index in [9.17, 15) is 5.11 Å². The lowest BCUT2D eigenvalue weighted by atomic mass is 10.0. The predicted octanol–water partition coefficient (Wildman–Crippen LogP) is 3.37. The van der Waals surface area contributed by atoms with E-state index < -0.39 is 0 Å². The minimum atomic E-state index is -0.274. The average molecular weight is 348 g/mol. The zero-order chi connectivity index (χ0) is 13.0. The van der Waals surface area contributed by atoms with Gasteiger partial charge in [-0.25, -0.2) is 0 Å². The van der Waals surface area contributed by atoms with E-state index in [0.717, 1.165) is 22.2 Å². The first kappa shape index (κ1) is 14.7. The van der Waals surface area contributed by atoms with Crippen molar-refractivity contribution in [3.63, 3.8) is 0 Å². The molecule has 0 amide bonds. The predicted molar refractivity (Wildman–Crippen MR) is 84.4 cm³/mol. The Morgan fingerprint density at radius 1 is 1.44 bits per heavy atom. The van der Waals surface area contributed by atoms with Gasteiger partial charge >= 0.3 is 0 Å². The Balaban J connectivity index is 1.99. The Bertz CT molecular complexity index is 391. The van der Waals surface area contributed by atoms with Gasteiger partial charge in [0, 0.05) is 45.3 Å². The molecule has 0 saturated carbocycles. The molecule has 3 atom stereocenters. The standard InChI is InChI=1S/C13H18BrNOS2/c1-2-12-13(18-4-3-17-12)11(16)6-9-5-10(14)8-15-7-9/h5,7-8,11-13,16H,2-4,6H2,1H3. The summed E-state index contributed by atoms with van der Waals surface area (Å²) in [7, 11) is 0. The van der Waals surface area contributed by atoms with Gasteiger partial charge in [0.25, 0.3) is 0 Å². The highest BCUT2D eigenvalue weighted by atomic mass is 79.9. The SMILES string of the molecule is CCC1SCCSC1C(O)Cc1cncc(Br)c1. The van der Waals surface area contributed by atoms with Crippen LogP contribution >= 0.6 is 39.5 Å². The van der Waals surface area contributed by atoms with Crippen molar-refractivity contribution >= 4 is 39.5 Å². The monoisotopic (exact) mass is 347 g/mol. The first-order chi connectivity index (χ1) is 8.70. The van der Waals surface area contributed by atoms with Crippen LogP contribution in [0.5, 0.6) is 0 Å². The molecule has 1 fully saturated rings. The van der Waals surface area contributed by atoms with Crippen LogP contribution in [0.4, 0.5) is 0 Å². The Morgan fingerprint density at radius 2 is 2.22 bits per heavy atom. The fourth-order valence-electron chi connectivity index (χ4n) is 2.22. The number of thioether (sulfide) groups is 2. The number of aromatic nitrogens is 1. The van der Waals surface area contributed by atoms with Crippen LogP contribution < -0.4 is 0 Å². The Morgan fingerprint density at radius 3 is 2.94 bits per heavy atom. The number of halogens is 1. The lowest BCUT2D eigenvalue weighted by Crippen LogP contribution is -2.37. The van der Waals surface area contributed by atoms with E-state index in [2.05, 4.69) is 27.8 Å². The molecule has 0 radical (unpaired) electrons. The van der Waals surface area contributed by atoms with Gasteiger partial charge in [0.05, 0.1) is 6.10 Å². The van der Waals surface area contributed by atoms with Gasteiger partial charge in [-0.2, -0.15) is 23.5 Å². The van der Waals surface area contributed by atoms with Crippen molar-refractivity contribution in [3.05, 3.63) is 28.5 Å². The minimum Gasteiger partial charge on any atom is -0.392 e. The third-order valence-electron chi connectivity index (χ3n) is 3.08. The number of aliphatic hydroxyl groups is 1. The summed E-state index contributed by atoms with van der Waals surface area (Å²) in [6, 6.07) is 2.04. The van der Waals surface area contributed by atoms with Crippen molar-refractivity contribution in [3.8, 4) is 0 Å². The van der Waals surface area contributed by atoms with Crippen LogP contribution in [0.25, 0.3) is 0 Å². The van der Waals surface area contributed by atoms with Gasteiger partial charge in [-0.05, 0) is 34.0 Å². The zero-order valence-corrected chi connectivity index (χ0v) is 13.6. The summed E-state index contributed by atoms with van der Waals surface area (Å²) in [5.74, 6) is 2.37. The summed E-state index contributed by atoms with van der Waals surface area (Å²) >= 11 is 7.35. The average Bonchev–Trinajstić information content (AvgIpc) is 2.38. The van der Waals surface area contributed by atoms with Crippen molar-refractivity contribution < 1.29 is 5.11 Å². The van der Waals surface area contributed by atoms with Crippen LogP contribution in [0.3, 0.4) is 0 Å². The van der Waals surface area contributed by atoms with Crippen molar-refractivity contribution in [2.24, 2.45) is 0 Å². The van der Waals surface area contributed by atoms with Gasteiger partial charge in [0.2, 0.25) is 0 Å². The molecule has 2 heterocycles. The smallest absolute Gasteiger partial charge is 0.0710 e. The van der Waals surface area contributed by atoms with Gasteiger partial charge in [0.1, 0.15) is 0 Å². The summed E-state index contributed by atoms with van der Waals surface area (Å²) in [6.45, 7) is 2.21. The van der Waals surface area contributed by atoms with E-state index in [1.165, 1.54) is 5.75 Å². The third kappa shape index (κ3) is 3.89. The topological polar surface area (TPSA) is 33.1 Å². The molecule has 1 saturated heterocycles. The van der Waals surface area contributed by atoms with Crippen LogP contribution in [0.15, 0.2) is 22.9 Å². The van der Waals surface area contributed by atoms with Gasteiger partial charge in [-0.1, -0.05) is 6.92 Å².